The SMILES string of the molecule is CC1=C(C(=O)O)C(c2cccc([N+](=O)[O-])c2)N(CCCc2ccccc2)C(=S)N1. The van der Waals surface area contributed by atoms with Crippen LogP contribution in [0.5, 0.6) is 0 Å². The van der Waals surface area contributed by atoms with Crippen LogP contribution in [0.1, 0.15) is 30.5 Å². The minimum Gasteiger partial charge on any atom is -0.478 e. The van der Waals surface area contributed by atoms with E-state index in [4.69, 9.17) is 12.2 Å². The number of non-ortho nitro benzene ring substituents is 1. The number of carbonyl (C=O) groups is 1. The van der Waals surface area contributed by atoms with Crippen LogP contribution in [0.3, 0.4) is 0 Å². The van der Waals surface area contributed by atoms with Crippen molar-refractivity contribution in [3.05, 3.63) is 87.1 Å². The van der Waals surface area contributed by atoms with Gasteiger partial charge in [-0.15, -0.1) is 0 Å². The van der Waals surface area contributed by atoms with Gasteiger partial charge in [0.25, 0.3) is 5.69 Å². The van der Waals surface area contributed by atoms with Crippen molar-refractivity contribution in [2.75, 3.05) is 6.54 Å². The fraction of sp³-hybridized carbons (Fsp3) is 0.238. The predicted molar refractivity (Wildman–Crippen MR) is 113 cm³/mol. The van der Waals surface area contributed by atoms with Gasteiger partial charge in [-0.25, -0.2) is 4.79 Å². The summed E-state index contributed by atoms with van der Waals surface area (Å²) in [6, 6.07) is 15.4. The van der Waals surface area contributed by atoms with Crippen molar-refractivity contribution in [3.8, 4) is 0 Å². The van der Waals surface area contributed by atoms with E-state index in [1.165, 1.54) is 17.7 Å². The van der Waals surface area contributed by atoms with E-state index < -0.39 is 16.9 Å². The van der Waals surface area contributed by atoms with Gasteiger partial charge in [0.1, 0.15) is 0 Å². The number of carboxylic acids is 1. The molecule has 2 aromatic carbocycles. The largest absolute Gasteiger partial charge is 0.478 e. The number of nitro benzene ring substituents is 1. The number of benzene rings is 2. The molecule has 29 heavy (non-hydrogen) atoms. The molecule has 1 aliphatic rings. The monoisotopic (exact) mass is 411 g/mol. The van der Waals surface area contributed by atoms with Gasteiger partial charge >= 0.3 is 5.97 Å². The molecular weight excluding hydrogens is 390 g/mol. The number of hydrogen-bond acceptors (Lipinski definition) is 4. The summed E-state index contributed by atoms with van der Waals surface area (Å²) in [4.78, 5) is 24.5. The highest BCUT2D eigenvalue weighted by molar-refractivity contribution is 7.80. The quantitative estimate of drug-likeness (QED) is 0.406. The Bertz CT molecular complexity index is 975. The first-order chi connectivity index (χ1) is 13.9. The van der Waals surface area contributed by atoms with Crippen molar-refractivity contribution in [2.24, 2.45) is 0 Å². The minimum absolute atomic E-state index is 0.0846. The van der Waals surface area contributed by atoms with Crippen molar-refractivity contribution in [2.45, 2.75) is 25.8 Å². The van der Waals surface area contributed by atoms with E-state index >= 15 is 0 Å². The smallest absolute Gasteiger partial charge is 0.335 e. The van der Waals surface area contributed by atoms with E-state index in [1.807, 2.05) is 30.3 Å². The van der Waals surface area contributed by atoms with Gasteiger partial charge in [-0.2, -0.15) is 0 Å². The third-order valence-corrected chi connectivity index (χ3v) is 5.22. The lowest BCUT2D eigenvalue weighted by Gasteiger charge is -2.39. The Morgan fingerprint density at radius 2 is 1.97 bits per heavy atom. The molecule has 0 fully saturated rings. The van der Waals surface area contributed by atoms with Gasteiger partial charge < -0.3 is 15.3 Å². The Kier molecular flexibility index (Phi) is 6.23. The van der Waals surface area contributed by atoms with Crippen LogP contribution >= 0.6 is 12.2 Å². The fourth-order valence-electron chi connectivity index (χ4n) is 3.54. The van der Waals surface area contributed by atoms with E-state index in [-0.39, 0.29) is 11.3 Å². The zero-order valence-electron chi connectivity index (χ0n) is 15.9. The van der Waals surface area contributed by atoms with Gasteiger partial charge in [0, 0.05) is 24.4 Å². The summed E-state index contributed by atoms with van der Waals surface area (Å²) >= 11 is 5.49. The number of rotatable bonds is 7. The van der Waals surface area contributed by atoms with Crippen molar-refractivity contribution in [1.82, 2.24) is 10.2 Å². The van der Waals surface area contributed by atoms with Gasteiger partial charge in [-0.05, 0) is 43.1 Å². The molecular formula is C21H21N3O4S. The van der Waals surface area contributed by atoms with Gasteiger partial charge in [0.05, 0.1) is 16.5 Å². The third-order valence-electron chi connectivity index (χ3n) is 4.88. The molecule has 0 bridgehead atoms. The average Bonchev–Trinajstić information content (AvgIpc) is 2.69. The summed E-state index contributed by atoms with van der Waals surface area (Å²) in [5.74, 6) is -1.08. The number of nitro groups is 1. The van der Waals surface area contributed by atoms with E-state index in [1.54, 1.807) is 24.0 Å². The first kappa shape index (κ1) is 20.5. The van der Waals surface area contributed by atoms with E-state index in [2.05, 4.69) is 5.32 Å². The standard InChI is InChI=1S/C21H21N3O4S/c1-14-18(20(25)26)19(16-10-5-11-17(13-16)24(27)28)23(21(29)22-14)12-6-9-15-7-3-2-4-8-15/h2-5,7-8,10-11,13,19H,6,9,12H2,1H3,(H,22,29)(H,25,26). The molecule has 2 N–H and O–H groups in total. The second kappa shape index (κ2) is 8.83. The highest BCUT2D eigenvalue weighted by Crippen LogP contribution is 2.35. The van der Waals surface area contributed by atoms with Crippen LogP contribution in [-0.2, 0) is 11.2 Å². The highest BCUT2D eigenvalue weighted by atomic mass is 32.1. The molecule has 150 valence electrons. The lowest BCUT2D eigenvalue weighted by Crippen LogP contribution is -2.48. The topological polar surface area (TPSA) is 95.7 Å². The minimum atomic E-state index is -1.08. The molecule has 8 heteroatoms. The molecule has 0 saturated carbocycles. The molecule has 2 aromatic rings. The van der Waals surface area contributed by atoms with Crippen LogP contribution in [-0.4, -0.2) is 32.6 Å². The van der Waals surface area contributed by atoms with E-state index in [9.17, 15) is 20.0 Å². The second-order valence-electron chi connectivity index (χ2n) is 6.81. The average molecular weight is 411 g/mol. The van der Waals surface area contributed by atoms with Crippen LogP contribution in [0.15, 0.2) is 65.9 Å². The van der Waals surface area contributed by atoms with Crippen molar-refractivity contribution < 1.29 is 14.8 Å². The van der Waals surface area contributed by atoms with Crippen LogP contribution < -0.4 is 5.32 Å². The molecule has 1 unspecified atom stereocenters. The number of carboxylic acid groups (broad SMARTS) is 1. The maximum absolute atomic E-state index is 12.0. The maximum Gasteiger partial charge on any atom is 0.335 e. The van der Waals surface area contributed by atoms with Crippen LogP contribution in [0.25, 0.3) is 0 Å². The van der Waals surface area contributed by atoms with Crippen LogP contribution in [0.2, 0.25) is 0 Å². The zero-order valence-corrected chi connectivity index (χ0v) is 16.7. The molecule has 0 radical (unpaired) electrons. The summed E-state index contributed by atoms with van der Waals surface area (Å²) < 4.78 is 0. The molecule has 1 atom stereocenters. The molecule has 0 aromatic heterocycles. The predicted octanol–water partition coefficient (Wildman–Crippen LogP) is 3.82. The molecule has 1 heterocycles. The first-order valence-electron chi connectivity index (χ1n) is 9.18. The Labute approximate surface area is 173 Å². The van der Waals surface area contributed by atoms with E-state index in [0.29, 0.717) is 22.9 Å². The molecule has 7 nitrogen and oxygen atoms in total. The Morgan fingerprint density at radius 1 is 1.24 bits per heavy atom. The van der Waals surface area contributed by atoms with Crippen molar-refractivity contribution >= 4 is 29.0 Å². The lowest BCUT2D eigenvalue weighted by atomic mass is 9.93. The summed E-state index contributed by atoms with van der Waals surface area (Å²) in [5.41, 5.74) is 2.20. The number of allylic oxidation sites excluding steroid dienone is 1. The fourth-order valence-corrected chi connectivity index (χ4v) is 3.89. The molecule has 0 aliphatic carbocycles. The number of nitrogens with one attached hydrogen (secondary N) is 1. The van der Waals surface area contributed by atoms with Crippen LogP contribution in [0.4, 0.5) is 5.69 Å². The van der Waals surface area contributed by atoms with Gasteiger partial charge in [-0.3, -0.25) is 10.1 Å². The first-order valence-corrected chi connectivity index (χ1v) is 9.59. The molecule has 0 amide bonds. The van der Waals surface area contributed by atoms with Gasteiger partial charge in [0.15, 0.2) is 5.11 Å². The van der Waals surface area contributed by atoms with E-state index in [0.717, 1.165) is 12.8 Å². The second-order valence-corrected chi connectivity index (χ2v) is 7.20. The normalized spacial score (nSPS) is 16.5. The number of thiocarbonyl (C=S) groups is 1. The summed E-state index contributed by atoms with van der Waals surface area (Å²) in [5, 5.41) is 24.4. The van der Waals surface area contributed by atoms with Crippen molar-refractivity contribution in [3.63, 3.8) is 0 Å². The number of aryl methyl sites for hydroxylation is 1. The third kappa shape index (κ3) is 4.60. The Morgan fingerprint density at radius 3 is 2.62 bits per heavy atom. The number of hydrogen-bond donors (Lipinski definition) is 2. The maximum atomic E-state index is 12.0. The number of nitrogens with zero attached hydrogens (tertiary/aromatic N) is 2. The molecule has 0 saturated heterocycles. The highest BCUT2D eigenvalue weighted by Gasteiger charge is 2.36. The Hall–Kier alpha value is -3.26. The van der Waals surface area contributed by atoms with Gasteiger partial charge in [0.2, 0.25) is 0 Å². The summed E-state index contributed by atoms with van der Waals surface area (Å²) in [6.45, 7) is 2.17. The van der Waals surface area contributed by atoms with Gasteiger partial charge in [-0.1, -0.05) is 42.5 Å². The summed E-state index contributed by atoms with van der Waals surface area (Å²) in [6.07, 6.45) is 1.57. The molecule has 0 spiro atoms. The Balaban J connectivity index is 1.93. The summed E-state index contributed by atoms with van der Waals surface area (Å²) in [7, 11) is 0. The molecule has 1 aliphatic heterocycles. The molecule has 3 rings (SSSR count). The lowest BCUT2D eigenvalue weighted by molar-refractivity contribution is -0.384. The van der Waals surface area contributed by atoms with Crippen LogP contribution in [0, 0.1) is 10.1 Å². The zero-order chi connectivity index (χ0) is 21.0. The van der Waals surface area contributed by atoms with Crippen molar-refractivity contribution in [1.29, 1.82) is 0 Å². The number of aliphatic carboxylic acids is 1.